The lowest BCUT2D eigenvalue weighted by Crippen LogP contribution is -2.56. The fourth-order valence-electron chi connectivity index (χ4n) is 6.54. The molecule has 0 radical (unpaired) electrons. The minimum atomic E-state index is -0.569. The average Bonchev–Trinajstić information content (AvgIpc) is 3.46. The number of anilines is 1. The average molecular weight is 516 g/mol. The van der Waals surface area contributed by atoms with Gasteiger partial charge in [0.15, 0.2) is 0 Å². The lowest BCUT2D eigenvalue weighted by Gasteiger charge is -2.38. The lowest BCUT2D eigenvalue weighted by atomic mass is 9.66. The highest BCUT2D eigenvalue weighted by Crippen LogP contribution is 2.68. The van der Waals surface area contributed by atoms with E-state index in [0.717, 1.165) is 57.1 Å². The summed E-state index contributed by atoms with van der Waals surface area (Å²) in [7, 11) is 0. The van der Waals surface area contributed by atoms with Crippen molar-refractivity contribution in [3.05, 3.63) is 30.3 Å². The van der Waals surface area contributed by atoms with Crippen LogP contribution in [-0.4, -0.2) is 63.5 Å². The molecule has 1 aromatic rings. The second-order valence-electron chi connectivity index (χ2n) is 10.6. The van der Waals surface area contributed by atoms with Crippen LogP contribution in [0.3, 0.4) is 0 Å². The molecule has 3 amide bonds. The summed E-state index contributed by atoms with van der Waals surface area (Å²) < 4.78 is -0.569. The van der Waals surface area contributed by atoms with Gasteiger partial charge in [0.05, 0.1) is 16.6 Å². The molecule has 4 rings (SSSR count). The smallest absolute Gasteiger partial charge is 0.244 e. The van der Waals surface area contributed by atoms with Gasteiger partial charge in [-0.25, -0.2) is 0 Å². The van der Waals surface area contributed by atoms with Gasteiger partial charge in [-0.2, -0.15) is 0 Å². The van der Waals surface area contributed by atoms with Crippen LogP contribution in [0.4, 0.5) is 5.69 Å². The number of rotatable bonds is 13. The molecular formula is C28H41N3O4S. The van der Waals surface area contributed by atoms with Gasteiger partial charge in [-0.3, -0.25) is 14.4 Å². The number of hydrogen-bond donors (Lipinski definition) is 3. The zero-order valence-corrected chi connectivity index (χ0v) is 22.4. The van der Waals surface area contributed by atoms with Gasteiger partial charge >= 0.3 is 0 Å². The number of hydrogen-bond acceptors (Lipinski definition) is 5. The van der Waals surface area contributed by atoms with E-state index in [1.807, 2.05) is 30.3 Å². The van der Waals surface area contributed by atoms with Crippen LogP contribution in [0, 0.1) is 17.8 Å². The van der Waals surface area contributed by atoms with Crippen LogP contribution in [0.25, 0.3) is 0 Å². The molecule has 3 N–H and O–H groups in total. The van der Waals surface area contributed by atoms with E-state index < -0.39 is 22.6 Å². The van der Waals surface area contributed by atoms with Crippen molar-refractivity contribution in [3.8, 4) is 0 Å². The Kier molecular flexibility index (Phi) is 8.99. The van der Waals surface area contributed by atoms with Crippen LogP contribution < -0.4 is 10.6 Å². The maximum Gasteiger partial charge on any atom is 0.244 e. The highest BCUT2D eigenvalue weighted by atomic mass is 32.2. The number of fused-ring (bicyclic) bond motifs is 1. The molecule has 1 spiro atoms. The maximum absolute atomic E-state index is 14.0. The predicted octanol–water partition coefficient (Wildman–Crippen LogP) is 3.82. The molecule has 198 valence electrons. The molecule has 8 heteroatoms. The van der Waals surface area contributed by atoms with E-state index in [4.69, 9.17) is 5.11 Å². The molecule has 3 unspecified atom stereocenters. The number of carbonyl (C=O) groups is 3. The van der Waals surface area contributed by atoms with Crippen LogP contribution in [0.2, 0.25) is 0 Å². The molecule has 36 heavy (non-hydrogen) atoms. The zero-order valence-electron chi connectivity index (χ0n) is 21.6. The number of nitrogens with one attached hydrogen (secondary N) is 2. The minimum Gasteiger partial charge on any atom is -0.396 e. The van der Waals surface area contributed by atoms with Crippen LogP contribution in [0.1, 0.15) is 65.2 Å². The van der Waals surface area contributed by atoms with Gasteiger partial charge in [0.1, 0.15) is 6.04 Å². The Morgan fingerprint density at radius 1 is 1.08 bits per heavy atom. The van der Waals surface area contributed by atoms with Crippen molar-refractivity contribution in [1.82, 2.24) is 10.2 Å². The van der Waals surface area contributed by atoms with E-state index in [0.29, 0.717) is 13.1 Å². The largest absolute Gasteiger partial charge is 0.396 e. The van der Waals surface area contributed by atoms with Crippen molar-refractivity contribution >= 4 is 35.2 Å². The molecule has 1 aromatic carbocycles. The number of unbranched alkanes of at least 4 members (excludes halogenated alkanes) is 5. The number of para-hydroxylation sites is 1. The Bertz CT molecular complexity index is 929. The minimum absolute atomic E-state index is 0.0411. The van der Waals surface area contributed by atoms with Crippen molar-refractivity contribution in [2.45, 2.75) is 81.3 Å². The summed E-state index contributed by atoms with van der Waals surface area (Å²) >= 11 is 1.72. The SMILES string of the molecule is CCCCCNC(=O)C1N(CCCCCCO)C(=O)[C@@H]2[C@H](C(=O)Nc3ccccc3)[C@@H]3CC(C)C12S3. The topological polar surface area (TPSA) is 98.7 Å². The highest BCUT2D eigenvalue weighted by Gasteiger charge is 2.75. The molecule has 3 aliphatic rings. The molecule has 0 aromatic heterocycles. The summed E-state index contributed by atoms with van der Waals surface area (Å²) in [6.07, 6.45) is 7.24. The first kappa shape index (κ1) is 27.0. The van der Waals surface area contributed by atoms with E-state index in [9.17, 15) is 14.4 Å². The molecule has 3 fully saturated rings. The molecule has 0 saturated carbocycles. The highest BCUT2D eigenvalue weighted by molar-refractivity contribution is 8.02. The second kappa shape index (κ2) is 12.0. The first-order valence-corrected chi connectivity index (χ1v) is 14.6. The third-order valence-electron chi connectivity index (χ3n) is 8.22. The number of aliphatic hydroxyl groups is 1. The van der Waals surface area contributed by atoms with E-state index in [1.54, 1.807) is 16.7 Å². The molecule has 7 nitrogen and oxygen atoms in total. The summed E-state index contributed by atoms with van der Waals surface area (Å²) in [5.74, 6) is -0.967. The van der Waals surface area contributed by atoms with E-state index in [2.05, 4.69) is 24.5 Å². The van der Waals surface area contributed by atoms with Crippen molar-refractivity contribution in [3.63, 3.8) is 0 Å². The Balaban J connectivity index is 1.58. The summed E-state index contributed by atoms with van der Waals surface area (Å²) in [5.41, 5.74) is 0.730. The third kappa shape index (κ3) is 5.03. The predicted molar refractivity (Wildman–Crippen MR) is 144 cm³/mol. The lowest BCUT2D eigenvalue weighted by molar-refractivity contribution is -0.139. The van der Waals surface area contributed by atoms with Crippen LogP contribution >= 0.6 is 11.8 Å². The van der Waals surface area contributed by atoms with Crippen molar-refractivity contribution in [1.29, 1.82) is 0 Å². The van der Waals surface area contributed by atoms with Gasteiger partial charge in [0.2, 0.25) is 17.7 Å². The Labute approximate surface area is 219 Å². The third-order valence-corrected chi connectivity index (χ3v) is 10.3. The fourth-order valence-corrected chi connectivity index (χ4v) is 8.96. The Morgan fingerprint density at radius 3 is 2.56 bits per heavy atom. The standard InChI is InChI=1S/C28H41N3O4S/c1-3-4-10-15-29-26(34)24-28-19(2)18-21(36-28)22(25(33)30-20-13-8-7-9-14-20)23(28)27(35)31(24)16-11-5-6-12-17-32/h7-9,13-14,19,21-24,32H,3-6,10-12,15-18H2,1-2H3,(H,29,34)(H,30,33)/t19?,21-,22+,23-,24?,28?/m0/s1. The van der Waals surface area contributed by atoms with Crippen LogP contribution in [-0.2, 0) is 14.4 Å². The first-order valence-electron chi connectivity index (χ1n) is 13.7. The molecule has 3 saturated heterocycles. The molecule has 2 bridgehead atoms. The van der Waals surface area contributed by atoms with Gasteiger partial charge < -0.3 is 20.6 Å². The summed E-state index contributed by atoms with van der Waals surface area (Å²) in [5, 5.41) is 15.3. The molecule has 6 atom stereocenters. The Morgan fingerprint density at radius 2 is 1.83 bits per heavy atom. The normalized spacial score (nSPS) is 30.5. The first-order chi connectivity index (χ1) is 17.5. The van der Waals surface area contributed by atoms with Gasteiger partial charge in [-0.05, 0) is 43.7 Å². The van der Waals surface area contributed by atoms with Gasteiger partial charge in [0.25, 0.3) is 0 Å². The van der Waals surface area contributed by atoms with E-state index in [1.165, 1.54) is 0 Å². The zero-order chi connectivity index (χ0) is 25.7. The number of amides is 3. The van der Waals surface area contributed by atoms with Gasteiger partial charge in [-0.15, -0.1) is 11.8 Å². The fraction of sp³-hybridized carbons (Fsp3) is 0.679. The molecule has 3 heterocycles. The summed E-state index contributed by atoms with van der Waals surface area (Å²) in [4.78, 5) is 43.0. The van der Waals surface area contributed by atoms with E-state index >= 15 is 0 Å². The molecular weight excluding hydrogens is 474 g/mol. The quantitative estimate of drug-likeness (QED) is 0.347. The van der Waals surface area contributed by atoms with Gasteiger partial charge in [0, 0.05) is 30.6 Å². The van der Waals surface area contributed by atoms with Crippen molar-refractivity contribution in [2.24, 2.45) is 17.8 Å². The van der Waals surface area contributed by atoms with Gasteiger partial charge in [-0.1, -0.05) is 57.7 Å². The van der Waals surface area contributed by atoms with Crippen molar-refractivity contribution in [2.75, 3.05) is 25.0 Å². The molecule has 3 aliphatic heterocycles. The number of aliphatic hydroxyl groups excluding tert-OH is 1. The monoisotopic (exact) mass is 515 g/mol. The number of benzene rings is 1. The number of nitrogens with zero attached hydrogens (tertiary/aromatic N) is 1. The van der Waals surface area contributed by atoms with Crippen molar-refractivity contribution < 1.29 is 19.5 Å². The second-order valence-corrected chi connectivity index (χ2v) is 12.1. The van der Waals surface area contributed by atoms with Crippen LogP contribution in [0.5, 0.6) is 0 Å². The number of likely N-dealkylation sites (tertiary alicyclic amines) is 1. The van der Waals surface area contributed by atoms with E-state index in [-0.39, 0.29) is 35.5 Å². The summed E-state index contributed by atoms with van der Waals surface area (Å²) in [6, 6.07) is 8.84. The number of carbonyl (C=O) groups excluding carboxylic acids is 3. The van der Waals surface area contributed by atoms with Crippen LogP contribution in [0.15, 0.2) is 30.3 Å². The number of thioether (sulfide) groups is 1. The Hall–Kier alpha value is -2.06. The molecule has 0 aliphatic carbocycles. The maximum atomic E-state index is 14.0. The summed E-state index contributed by atoms with van der Waals surface area (Å²) in [6.45, 7) is 5.59.